The predicted molar refractivity (Wildman–Crippen MR) is 115 cm³/mol. The van der Waals surface area contributed by atoms with Gasteiger partial charge in [-0.1, -0.05) is 19.1 Å². The first-order chi connectivity index (χ1) is 13.0. The highest BCUT2D eigenvalue weighted by Gasteiger charge is 2.10. The van der Waals surface area contributed by atoms with Crippen molar-refractivity contribution in [2.75, 3.05) is 13.7 Å². The van der Waals surface area contributed by atoms with Gasteiger partial charge in [0.2, 0.25) is 0 Å². The minimum absolute atomic E-state index is 0. The summed E-state index contributed by atoms with van der Waals surface area (Å²) in [5, 5.41) is 3.38. The number of halogens is 1. The van der Waals surface area contributed by atoms with E-state index in [1.165, 1.54) is 0 Å². The molecule has 0 amide bonds. The van der Waals surface area contributed by atoms with E-state index in [1.807, 2.05) is 36.4 Å². The fourth-order valence-corrected chi connectivity index (χ4v) is 3.15. The van der Waals surface area contributed by atoms with Crippen molar-refractivity contribution in [1.29, 1.82) is 0 Å². The summed E-state index contributed by atoms with van der Waals surface area (Å²) in [6, 6.07) is 11.9. The molecule has 0 saturated carbocycles. The standard InChI is InChI=1S/C21H27N3O3.ClH/c1-5-10-22-13-15-7-9-19(20(12-15)26-4)27-14-16-6-8-17-18(11-16)24(3)21(25)23(17)2;/h6-9,11-12,22H,5,10,13-14H2,1-4H3;1H. The van der Waals surface area contributed by atoms with E-state index in [1.54, 1.807) is 30.3 Å². The summed E-state index contributed by atoms with van der Waals surface area (Å²) in [5.41, 5.74) is 3.94. The normalized spacial score (nSPS) is 10.7. The van der Waals surface area contributed by atoms with E-state index in [-0.39, 0.29) is 18.1 Å². The van der Waals surface area contributed by atoms with Crippen LogP contribution in [0.5, 0.6) is 11.5 Å². The van der Waals surface area contributed by atoms with Gasteiger partial charge in [-0.25, -0.2) is 4.79 Å². The first kappa shape index (κ1) is 21.9. The summed E-state index contributed by atoms with van der Waals surface area (Å²) in [6.45, 7) is 4.35. The van der Waals surface area contributed by atoms with Crippen LogP contribution in [0.1, 0.15) is 24.5 Å². The van der Waals surface area contributed by atoms with Gasteiger partial charge in [0.25, 0.3) is 0 Å². The van der Waals surface area contributed by atoms with Crippen LogP contribution in [0.2, 0.25) is 0 Å². The molecule has 0 aliphatic carbocycles. The SMILES string of the molecule is CCCNCc1ccc(OCc2ccc3c(c2)n(C)c(=O)n3C)c(OC)c1.Cl. The smallest absolute Gasteiger partial charge is 0.328 e. The first-order valence-corrected chi connectivity index (χ1v) is 9.20. The van der Waals surface area contributed by atoms with Gasteiger partial charge in [-0.05, 0) is 48.4 Å². The fraction of sp³-hybridized carbons (Fsp3) is 0.381. The fourth-order valence-electron chi connectivity index (χ4n) is 3.15. The quantitative estimate of drug-likeness (QED) is 0.583. The van der Waals surface area contributed by atoms with Gasteiger partial charge in [0.15, 0.2) is 11.5 Å². The van der Waals surface area contributed by atoms with E-state index >= 15 is 0 Å². The molecule has 3 aromatic rings. The van der Waals surface area contributed by atoms with Crippen molar-refractivity contribution in [3.63, 3.8) is 0 Å². The van der Waals surface area contributed by atoms with Crippen LogP contribution in [0.25, 0.3) is 11.0 Å². The topological polar surface area (TPSA) is 57.4 Å². The van der Waals surface area contributed by atoms with Crippen LogP contribution >= 0.6 is 12.4 Å². The maximum absolute atomic E-state index is 12.1. The van der Waals surface area contributed by atoms with E-state index in [0.29, 0.717) is 12.4 Å². The summed E-state index contributed by atoms with van der Waals surface area (Å²) >= 11 is 0. The Morgan fingerprint density at radius 3 is 2.39 bits per heavy atom. The Bertz CT molecular complexity index is 994. The molecule has 0 unspecified atom stereocenters. The zero-order valence-corrected chi connectivity index (χ0v) is 17.6. The predicted octanol–water partition coefficient (Wildman–Crippen LogP) is 3.39. The van der Waals surface area contributed by atoms with Crippen LogP contribution in [0.3, 0.4) is 0 Å². The molecule has 0 atom stereocenters. The number of imidazole rings is 1. The number of rotatable bonds is 8. The van der Waals surface area contributed by atoms with Gasteiger partial charge < -0.3 is 14.8 Å². The maximum atomic E-state index is 12.1. The Morgan fingerprint density at radius 1 is 0.964 bits per heavy atom. The molecule has 1 aromatic heterocycles. The lowest BCUT2D eigenvalue weighted by Crippen LogP contribution is -2.19. The van der Waals surface area contributed by atoms with Crippen LogP contribution < -0.4 is 20.5 Å². The lowest BCUT2D eigenvalue weighted by Gasteiger charge is -2.13. The number of fused-ring (bicyclic) bond motifs is 1. The molecule has 0 spiro atoms. The van der Waals surface area contributed by atoms with Crippen molar-refractivity contribution < 1.29 is 9.47 Å². The summed E-state index contributed by atoms with van der Waals surface area (Å²) in [6.07, 6.45) is 1.11. The zero-order valence-electron chi connectivity index (χ0n) is 16.8. The van der Waals surface area contributed by atoms with Gasteiger partial charge in [-0.15, -0.1) is 12.4 Å². The average molecular weight is 406 g/mol. The van der Waals surface area contributed by atoms with E-state index in [4.69, 9.17) is 9.47 Å². The lowest BCUT2D eigenvalue weighted by atomic mass is 10.2. The molecule has 3 rings (SSSR count). The van der Waals surface area contributed by atoms with E-state index < -0.39 is 0 Å². The molecule has 0 saturated heterocycles. The number of methoxy groups -OCH3 is 1. The summed E-state index contributed by atoms with van der Waals surface area (Å²) < 4.78 is 14.8. The Morgan fingerprint density at radius 2 is 1.68 bits per heavy atom. The molecule has 1 heterocycles. The second-order valence-corrected chi connectivity index (χ2v) is 6.67. The Kier molecular flexibility index (Phi) is 7.54. The van der Waals surface area contributed by atoms with Crippen LogP contribution in [-0.4, -0.2) is 22.8 Å². The number of ether oxygens (including phenoxy) is 2. The Balaban J connectivity index is 0.00000280. The van der Waals surface area contributed by atoms with Crippen molar-refractivity contribution in [3.05, 3.63) is 58.0 Å². The first-order valence-electron chi connectivity index (χ1n) is 9.20. The molecule has 152 valence electrons. The third-order valence-electron chi connectivity index (χ3n) is 4.71. The van der Waals surface area contributed by atoms with Gasteiger partial charge in [-0.2, -0.15) is 0 Å². The number of aromatic nitrogens is 2. The summed E-state index contributed by atoms with van der Waals surface area (Å²) in [4.78, 5) is 12.1. The highest BCUT2D eigenvalue weighted by molar-refractivity contribution is 5.85. The number of aryl methyl sites for hydroxylation is 2. The maximum Gasteiger partial charge on any atom is 0.328 e. The lowest BCUT2D eigenvalue weighted by molar-refractivity contribution is 0.284. The third-order valence-corrected chi connectivity index (χ3v) is 4.71. The molecule has 6 nitrogen and oxygen atoms in total. The van der Waals surface area contributed by atoms with Crippen molar-refractivity contribution in [1.82, 2.24) is 14.5 Å². The third kappa shape index (κ3) is 4.51. The monoisotopic (exact) mass is 405 g/mol. The molecule has 7 heteroatoms. The van der Waals surface area contributed by atoms with Gasteiger partial charge in [0.1, 0.15) is 6.61 Å². The van der Waals surface area contributed by atoms with Crippen LogP contribution in [0.15, 0.2) is 41.2 Å². The number of hydrogen-bond acceptors (Lipinski definition) is 4. The van der Waals surface area contributed by atoms with E-state index in [2.05, 4.69) is 12.2 Å². The summed E-state index contributed by atoms with van der Waals surface area (Å²) in [5.74, 6) is 1.43. The average Bonchev–Trinajstić information content (AvgIpc) is 2.91. The molecule has 0 fully saturated rings. The Labute approximate surface area is 171 Å². The van der Waals surface area contributed by atoms with E-state index in [9.17, 15) is 4.79 Å². The molecule has 0 aliphatic heterocycles. The summed E-state index contributed by atoms with van der Waals surface area (Å²) in [7, 11) is 5.21. The van der Waals surface area contributed by atoms with Crippen LogP contribution in [-0.2, 0) is 27.2 Å². The molecular weight excluding hydrogens is 378 g/mol. The van der Waals surface area contributed by atoms with Gasteiger partial charge in [-0.3, -0.25) is 9.13 Å². The molecular formula is C21H28ClN3O3. The number of hydrogen-bond donors (Lipinski definition) is 1. The number of benzene rings is 2. The van der Waals surface area contributed by atoms with E-state index in [0.717, 1.165) is 47.4 Å². The van der Waals surface area contributed by atoms with Crippen molar-refractivity contribution in [2.45, 2.75) is 26.5 Å². The van der Waals surface area contributed by atoms with Gasteiger partial charge in [0, 0.05) is 20.6 Å². The largest absolute Gasteiger partial charge is 0.493 e. The second kappa shape index (κ2) is 9.66. The zero-order chi connectivity index (χ0) is 19.4. The van der Waals surface area contributed by atoms with Crippen molar-refractivity contribution in [3.8, 4) is 11.5 Å². The van der Waals surface area contributed by atoms with Gasteiger partial charge in [0.05, 0.1) is 18.1 Å². The van der Waals surface area contributed by atoms with Gasteiger partial charge >= 0.3 is 5.69 Å². The number of nitrogens with one attached hydrogen (secondary N) is 1. The molecule has 0 aliphatic rings. The minimum atomic E-state index is -0.0305. The molecule has 2 aromatic carbocycles. The number of nitrogens with zero attached hydrogens (tertiary/aromatic N) is 2. The van der Waals surface area contributed by atoms with Crippen LogP contribution in [0, 0.1) is 0 Å². The van der Waals surface area contributed by atoms with Crippen molar-refractivity contribution >= 4 is 23.4 Å². The molecule has 1 N–H and O–H groups in total. The highest BCUT2D eigenvalue weighted by Crippen LogP contribution is 2.29. The molecule has 0 bridgehead atoms. The minimum Gasteiger partial charge on any atom is -0.493 e. The van der Waals surface area contributed by atoms with Crippen molar-refractivity contribution in [2.24, 2.45) is 14.1 Å². The molecule has 28 heavy (non-hydrogen) atoms. The second-order valence-electron chi connectivity index (χ2n) is 6.67. The molecule has 0 radical (unpaired) electrons. The van der Waals surface area contributed by atoms with Crippen LogP contribution in [0.4, 0.5) is 0 Å². The highest BCUT2D eigenvalue weighted by atomic mass is 35.5. The Hall–Kier alpha value is -2.44.